The number of aliphatic carboxylic acids is 2. The van der Waals surface area contributed by atoms with Crippen molar-refractivity contribution >= 4 is 18.0 Å². The molecule has 0 aliphatic heterocycles. The molecule has 120 valence electrons. The summed E-state index contributed by atoms with van der Waals surface area (Å²) in [7, 11) is 0. The summed E-state index contributed by atoms with van der Waals surface area (Å²) in [5, 5.41) is 28.1. The van der Waals surface area contributed by atoms with Gasteiger partial charge in [-0.15, -0.1) is 10.1 Å². The van der Waals surface area contributed by atoms with Crippen LogP contribution in [0.3, 0.4) is 0 Å². The smallest absolute Gasteiger partial charge is 0.407 e. The summed E-state index contributed by atoms with van der Waals surface area (Å²) in [6, 6.07) is -1.36. The van der Waals surface area contributed by atoms with Gasteiger partial charge in [-0.1, -0.05) is 0 Å². The Labute approximate surface area is 118 Å². The summed E-state index contributed by atoms with van der Waals surface area (Å²) in [4.78, 5) is 46.2. The predicted molar refractivity (Wildman–Crippen MR) is 65.0 cm³/mol. The van der Waals surface area contributed by atoms with Gasteiger partial charge in [-0.2, -0.15) is 0 Å². The van der Waals surface area contributed by atoms with E-state index in [4.69, 9.17) is 10.2 Å². The Morgan fingerprint density at radius 1 is 1.19 bits per heavy atom. The van der Waals surface area contributed by atoms with E-state index in [0.29, 0.717) is 6.42 Å². The Balaban J connectivity index is 3.85. The number of nitrogens with one attached hydrogen (secondary N) is 1. The van der Waals surface area contributed by atoms with Crippen LogP contribution < -0.4 is 5.32 Å². The monoisotopic (exact) mass is 308 g/mol. The zero-order chi connectivity index (χ0) is 16.3. The standard InChI is InChI=1S/C10H16N2O9/c13-8(14)4-3-7(9(15)16)11-10(17)20-5-1-2-6-21-12(18)19/h7H,1-6H2,(H,11,17)(H,13,14)(H,15,16). The normalized spacial score (nSPS) is 11.2. The molecule has 21 heavy (non-hydrogen) atoms. The van der Waals surface area contributed by atoms with Crippen LogP contribution in [0.4, 0.5) is 4.79 Å². The highest BCUT2D eigenvalue weighted by Crippen LogP contribution is 1.99. The largest absolute Gasteiger partial charge is 0.481 e. The fourth-order valence-electron chi connectivity index (χ4n) is 1.22. The van der Waals surface area contributed by atoms with Gasteiger partial charge in [0.25, 0.3) is 5.09 Å². The second-order valence-electron chi connectivity index (χ2n) is 3.87. The molecule has 0 saturated heterocycles. The summed E-state index contributed by atoms with van der Waals surface area (Å²) in [5.41, 5.74) is 0. The lowest BCUT2D eigenvalue weighted by Crippen LogP contribution is -2.41. The number of unbranched alkanes of at least 4 members (excludes halogenated alkanes) is 1. The van der Waals surface area contributed by atoms with E-state index >= 15 is 0 Å². The van der Waals surface area contributed by atoms with Crippen LogP contribution >= 0.6 is 0 Å². The molecule has 11 heteroatoms. The van der Waals surface area contributed by atoms with Crippen LogP contribution in [0.2, 0.25) is 0 Å². The lowest BCUT2D eigenvalue weighted by molar-refractivity contribution is -0.757. The minimum Gasteiger partial charge on any atom is -0.481 e. The average molecular weight is 308 g/mol. The minimum absolute atomic E-state index is 0.0713. The van der Waals surface area contributed by atoms with Crippen molar-refractivity contribution in [1.29, 1.82) is 0 Å². The van der Waals surface area contributed by atoms with Gasteiger partial charge in [0.05, 0.1) is 13.2 Å². The molecular formula is C10H16N2O9. The van der Waals surface area contributed by atoms with E-state index in [-0.39, 0.29) is 26.1 Å². The van der Waals surface area contributed by atoms with Gasteiger partial charge in [-0.25, -0.2) is 9.59 Å². The van der Waals surface area contributed by atoms with Gasteiger partial charge in [0.15, 0.2) is 0 Å². The molecule has 1 amide bonds. The lowest BCUT2D eigenvalue weighted by Gasteiger charge is -2.13. The number of carbonyl (C=O) groups is 3. The van der Waals surface area contributed by atoms with Gasteiger partial charge < -0.3 is 25.1 Å². The summed E-state index contributed by atoms with van der Waals surface area (Å²) < 4.78 is 4.65. The highest BCUT2D eigenvalue weighted by molar-refractivity contribution is 5.80. The van der Waals surface area contributed by atoms with Gasteiger partial charge in [-0.05, 0) is 19.3 Å². The molecule has 0 aliphatic rings. The Morgan fingerprint density at radius 2 is 1.81 bits per heavy atom. The van der Waals surface area contributed by atoms with Crippen molar-refractivity contribution < 1.29 is 39.3 Å². The zero-order valence-electron chi connectivity index (χ0n) is 11.0. The lowest BCUT2D eigenvalue weighted by atomic mass is 10.1. The van der Waals surface area contributed by atoms with Crippen molar-refractivity contribution in [1.82, 2.24) is 5.32 Å². The Hall–Kier alpha value is -2.59. The number of amides is 1. The van der Waals surface area contributed by atoms with Gasteiger partial charge in [0.1, 0.15) is 6.04 Å². The second kappa shape index (κ2) is 10.2. The maximum Gasteiger partial charge on any atom is 0.407 e. The number of carboxylic acid groups (broad SMARTS) is 2. The molecular weight excluding hydrogens is 292 g/mol. The van der Waals surface area contributed by atoms with Crippen molar-refractivity contribution in [3.8, 4) is 0 Å². The van der Waals surface area contributed by atoms with Crippen molar-refractivity contribution in [2.45, 2.75) is 31.7 Å². The number of alkyl carbamates (subject to hydrolysis) is 1. The number of hydrogen-bond acceptors (Lipinski definition) is 7. The van der Waals surface area contributed by atoms with Crippen LogP contribution in [0.15, 0.2) is 0 Å². The van der Waals surface area contributed by atoms with E-state index in [0.717, 1.165) is 0 Å². The Morgan fingerprint density at radius 3 is 2.33 bits per heavy atom. The first-order chi connectivity index (χ1) is 9.82. The van der Waals surface area contributed by atoms with Gasteiger partial charge in [0, 0.05) is 6.42 Å². The van der Waals surface area contributed by atoms with E-state index in [1.54, 1.807) is 0 Å². The van der Waals surface area contributed by atoms with Crippen LogP contribution in [0.1, 0.15) is 25.7 Å². The summed E-state index contributed by atoms with van der Waals surface area (Å²) in [6.45, 7) is -0.202. The molecule has 0 aromatic rings. The third kappa shape index (κ3) is 11.0. The number of nitrogens with zero attached hydrogens (tertiary/aromatic N) is 1. The molecule has 0 aromatic heterocycles. The van der Waals surface area contributed by atoms with Crippen molar-refractivity contribution in [3.63, 3.8) is 0 Å². The first kappa shape index (κ1) is 18.4. The van der Waals surface area contributed by atoms with E-state index in [9.17, 15) is 24.5 Å². The second-order valence-corrected chi connectivity index (χ2v) is 3.87. The molecule has 0 fully saturated rings. The van der Waals surface area contributed by atoms with Gasteiger partial charge >= 0.3 is 18.0 Å². The van der Waals surface area contributed by atoms with Crippen LogP contribution in [0, 0.1) is 10.1 Å². The molecule has 0 saturated carbocycles. The molecule has 0 heterocycles. The number of carboxylic acids is 2. The SMILES string of the molecule is O=C(O)CCC(NC(=O)OCCCCO[N+](=O)[O-])C(=O)O. The topological polar surface area (TPSA) is 165 Å². The average Bonchev–Trinajstić information content (AvgIpc) is 2.37. The molecule has 3 N–H and O–H groups in total. The number of rotatable bonds is 11. The third-order valence-electron chi connectivity index (χ3n) is 2.21. The quantitative estimate of drug-likeness (QED) is 0.271. The van der Waals surface area contributed by atoms with Crippen LogP contribution in [0.25, 0.3) is 0 Å². The molecule has 1 atom stereocenters. The third-order valence-corrected chi connectivity index (χ3v) is 2.21. The van der Waals surface area contributed by atoms with Gasteiger partial charge in [-0.3, -0.25) is 4.79 Å². The fourth-order valence-corrected chi connectivity index (χ4v) is 1.22. The fraction of sp³-hybridized carbons (Fsp3) is 0.700. The maximum atomic E-state index is 11.3. The number of carbonyl (C=O) groups excluding carboxylic acids is 1. The highest BCUT2D eigenvalue weighted by atomic mass is 16.9. The van der Waals surface area contributed by atoms with E-state index in [1.807, 2.05) is 5.32 Å². The summed E-state index contributed by atoms with van der Waals surface area (Å²) >= 11 is 0. The Kier molecular flexibility index (Phi) is 8.97. The van der Waals surface area contributed by atoms with Crippen molar-refractivity contribution in [2.24, 2.45) is 0 Å². The molecule has 1 unspecified atom stereocenters. The van der Waals surface area contributed by atoms with Crippen LogP contribution in [0.5, 0.6) is 0 Å². The van der Waals surface area contributed by atoms with Gasteiger partial charge in [0.2, 0.25) is 0 Å². The molecule has 0 rings (SSSR count). The van der Waals surface area contributed by atoms with Crippen molar-refractivity contribution in [3.05, 3.63) is 10.1 Å². The molecule has 11 nitrogen and oxygen atoms in total. The van der Waals surface area contributed by atoms with Crippen LogP contribution in [-0.4, -0.2) is 52.6 Å². The number of hydrogen-bond donors (Lipinski definition) is 3. The van der Waals surface area contributed by atoms with Crippen molar-refractivity contribution in [2.75, 3.05) is 13.2 Å². The molecule has 0 spiro atoms. The highest BCUT2D eigenvalue weighted by Gasteiger charge is 2.21. The number of ether oxygens (including phenoxy) is 1. The summed E-state index contributed by atoms with van der Waals surface area (Å²) in [5.74, 6) is -2.55. The first-order valence-electron chi connectivity index (χ1n) is 5.98. The zero-order valence-corrected chi connectivity index (χ0v) is 11.0. The molecule has 0 radical (unpaired) electrons. The van der Waals surface area contributed by atoms with Crippen LogP contribution in [-0.2, 0) is 19.2 Å². The van der Waals surface area contributed by atoms with E-state index < -0.39 is 35.6 Å². The maximum absolute atomic E-state index is 11.3. The first-order valence-corrected chi connectivity index (χ1v) is 5.98. The Bertz CT molecular complexity index is 385. The van der Waals surface area contributed by atoms with E-state index in [2.05, 4.69) is 9.57 Å². The molecule has 0 aromatic carbocycles. The molecule has 0 bridgehead atoms. The molecule has 0 aliphatic carbocycles. The minimum atomic E-state index is -1.37. The predicted octanol–water partition coefficient (Wildman–Crippen LogP) is 0.0191. The summed E-state index contributed by atoms with van der Waals surface area (Å²) in [6.07, 6.45) is -1.08. The van der Waals surface area contributed by atoms with E-state index in [1.165, 1.54) is 0 Å².